The van der Waals surface area contributed by atoms with Crippen LogP contribution in [0.3, 0.4) is 0 Å². The summed E-state index contributed by atoms with van der Waals surface area (Å²) in [5.74, 6) is 0. The first-order valence-corrected chi connectivity index (χ1v) is 6.43. The highest BCUT2D eigenvalue weighted by Crippen LogP contribution is 2.01. The Hall–Kier alpha value is -0.563. The van der Waals surface area contributed by atoms with Crippen molar-refractivity contribution in [3.63, 3.8) is 0 Å². The molecule has 1 heteroatoms. The fourth-order valence-electron chi connectivity index (χ4n) is 1.34. The van der Waals surface area contributed by atoms with Crippen molar-refractivity contribution in [2.24, 2.45) is 0 Å². The molecule has 0 N–H and O–H groups in total. The largest absolute Gasteiger partial charge is 0.0807 e. The Morgan fingerprint density at radius 3 is 2.46 bits per heavy atom. The summed E-state index contributed by atoms with van der Waals surface area (Å²) < 4.78 is 0. The van der Waals surface area contributed by atoms with E-state index < -0.39 is 0 Å². The van der Waals surface area contributed by atoms with E-state index in [0.29, 0.717) is 0 Å². The van der Waals surface area contributed by atoms with Gasteiger partial charge < -0.3 is 0 Å². The van der Waals surface area contributed by atoms with Gasteiger partial charge in [0.25, 0.3) is 0 Å². The lowest BCUT2D eigenvalue weighted by molar-refractivity contribution is 0.701. The number of unbranched alkanes of at least 4 members (excludes halogenated alkanes) is 3. The SMILES string of the molecule is CCCCCC[Si]c1ccccc1. The maximum Gasteiger partial charge on any atom is 0.0807 e. The smallest absolute Gasteiger partial charge is 0.0654 e. The summed E-state index contributed by atoms with van der Waals surface area (Å²) in [5, 5.41) is 1.51. The molecule has 13 heavy (non-hydrogen) atoms. The predicted octanol–water partition coefficient (Wildman–Crippen LogP) is 3.01. The zero-order chi connectivity index (χ0) is 9.36. The van der Waals surface area contributed by atoms with Gasteiger partial charge in [0.2, 0.25) is 0 Å². The Bertz CT molecular complexity index is 206. The van der Waals surface area contributed by atoms with Crippen molar-refractivity contribution in [1.82, 2.24) is 0 Å². The van der Waals surface area contributed by atoms with E-state index in [1.54, 1.807) is 0 Å². The van der Waals surface area contributed by atoms with E-state index >= 15 is 0 Å². The van der Waals surface area contributed by atoms with Crippen molar-refractivity contribution in [1.29, 1.82) is 0 Å². The minimum atomic E-state index is 1.02. The fraction of sp³-hybridized carbons (Fsp3) is 0.500. The molecule has 0 aliphatic heterocycles. The predicted molar refractivity (Wildman–Crippen MR) is 60.8 cm³/mol. The molecule has 0 aromatic heterocycles. The van der Waals surface area contributed by atoms with E-state index in [2.05, 4.69) is 37.3 Å². The van der Waals surface area contributed by atoms with Crippen molar-refractivity contribution in [3.8, 4) is 0 Å². The van der Waals surface area contributed by atoms with Crippen molar-refractivity contribution in [2.75, 3.05) is 0 Å². The summed E-state index contributed by atoms with van der Waals surface area (Å²) in [6, 6.07) is 12.2. The molecule has 2 radical (unpaired) electrons. The number of benzene rings is 1. The number of rotatable bonds is 6. The highest BCUT2D eigenvalue weighted by molar-refractivity contribution is 6.53. The van der Waals surface area contributed by atoms with Gasteiger partial charge in [-0.15, -0.1) is 0 Å². The zero-order valence-corrected chi connectivity index (χ0v) is 9.42. The van der Waals surface area contributed by atoms with E-state index in [1.165, 1.54) is 36.9 Å². The zero-order valence-electron chi connectivity index (χ0n) is 8.42. The molecule has 0 amide bonds. The standard InChI is InChI=1S/C12H18Si/c1-2-3-4-8-11-13-12-9-6-5-7-10-12/h5-7,9-10H,2-4,8,11H2,1H3. The molecule has 0 saturated heterocycles. The molecule has 1 aromatic carbocycles. The Kier molecular flexibility index (Phi) is 5.58. The summed E-state index contributed by atoms with van der Waals surface area (Å²) in [5.41, 5.74) is 0. The quantitative estimate of drug-likeness (QED) is 0.478. The van der Waals surface area contributed by atoms with E-state index in [0.717, 1.165) is 9.52 Å². The lowest BCUT2D eigenvalue weighted by Crippen LogP contribution is -2.12. The lowest BCUT2D eigenvalue weighted by atomic mass is 10.2. The van der Waals surface area contributed by atoms with Gasteiger partial charge in [0, 0.05) is 0 Å². The van der Waals surface area contributed by atoms with Crippen LogP contribution in [0.1, 0.15) is 32.6 Å². The summed E-state index contributed by atoms with van der Waals surface area (Å²) in [7, 11) is 1.02. The molecule has 0 saturated carbocycles. The van der Waals surface area contributed by atoms with Crippen LogP contribution in [0.25, 0.3) is 0 Å². The maximum absolute atomic E-state index is 2.26. The van der Waals surface area contributed by atoms with Crippen LogP contribution in [0.4, 0.5) is 0 Å². The first kappa shape index (κ1) is 10.5. The van der Waals surface area contributed by atoms with Crippen LogP contribution in [0.5, 0.6) is 0 Å². The van der Waals surface area contributed by atoms with Gasteiger partial charge in [-0.25, -0.2) is 0 Å². The molecular weight excluding hydrogens is 172 g/mol. The summed E-state index contributed by atoms with van der Waals surface area (Å²) in [6.07, 6.45) is 5.56. The van der Waals surface area contributed by atoms with Gasteiger partial charge in [-0.2, -0.15) is 0 Å². The van der Waals surface area contributed by atoms with E-state index in [1.807, 2.05) is 0 Å². The molecule has 0 nitrogen and oxygen atoms in total. The van der Waals surface area contributed by atoms with Crippen molar-refractivity contribution in [2.45, 2.75) is 38.7 Å². The first-order valence-electron chi connectivity index (χ1n) is 5.22. The Morgan fingerprint density at radius 2 is 1.77 bits per heavy atom. The third kappa shape index (κ3) is 4.89. The van der Waals surface area contributed by atoms with Crippen LogP contribution in [0, 0.1) is 0 Å². The topological polar surface area (TPSA) is 0 Å². The molecule has 0 fully saturated rings. The Balaban J connectivity index is 2.07. The Morgan fingerprint density at radius 1 is 1.00 bits per heavy atom. The molecule has 0 atom stereocenters. The van der Waals surface area contributed by atoms with Gasteiger partial charge in [-0.05, 0) is 0 Å². The summed E-state index contributed by atoms with van der Waals surface area (Å²) >= 11 is 0. The minimum absolute atomic E-state index is 1.02. The van der Waals surface area contributed by atoms with E-state index in [4.69, 9.17) is 0 Å². The van der Waals surface area contributed by atoms with Gasteiger partial charge in [0.05, 0.1) is 9.52 Å². The van der Waals surface area contributed by atoms with Crippen molar-refractivity contribution >= 4 is 14.7 Å². The highest BCUT2D eigenvalue weighted by Gasteiger charge is 1.93. The second-order valence-electron chi connectivity index (χ2n) is 3.35. The lowest BCUT2D eigenvalue weighted by Gasteiger charge is -1.99. The summed E-state index contributed by atoms with van der Waals surface area (Å²) in [4.78, 5) is 0. The third-order valence-electron chi connectivity index (χ3n) is 2.13. The second-order valence-corrected chi connectivity index (χ2v) is 4.78. The van der Waals surface area contributed by atoms with Gasteiger partial charge in [-0.3, -0.25) is 0 Å². The van der Waals surface area contributed by atoms with Crippen LogP contribution in [0.15, 0.2) is 30.3 Å². The van der Waals surface area contributed by atoms with Gasteiger partial charge in [-0.1, -0.05) is 74.2 Å². The van der Waals surface area contributed by atoms with E-state index in [9.17, 15) is 0 Å². The van der Waals surface area contributed by atoms with Crippen molar-refractivity contribution in [3.05, 3.63) is 30.3 Å². The highest BCUT2D eigenvalue weighted by atomic mass is 28.2. The second kappa shape index (κ2) is 6.90. The molecule has 0 aliphatic carbocycles. The van der Waals surface area contributed by atoms with Crippen LogP contribution in [-0.2, 0) is 0 Å². The fourth-order valence-corrected chi connectivity index (χ4v) is 2.48. The minimum Gasteiger partial charge on any atom is -0.0654 e. The van der Waals surface area contributed by atoms with Gasteiger partial charge >= 0.3 is 0 Å². The van der Waals surface area contributed by atoms with Crippen LogP contribution in [0.2, 0.25) is 6.04 Å². The molecule has 0 heterocycles. The first-order chi connectivity index (χ1) is 6.43. The average molecular weight is 190 g/mol. The van der Waals surface area contributed by atoms with Crippen LogP contribution >= 0.6 is 0 Å². The average Bonchev–Trinajstić information content (AvgIpc) is 2.19. The van der Waals surface area contributed by atoms with Crippen molar-refractivity contribution < 1.29 is 0 Å². The molecule has 1 rings (SSSR count). The van der Waals surface area contributed by atoms with Crippen LogP contribution in [-0.4, -0.2) is 9.52 Å². The summed E-state index contributed by atoms with van der Waals surface area (Å²) in [6.45, 7) is 2.26. The molecule has 1 aromatic rings. The molecule has 0 aliphatic rings. The molecule has 0 unspecified atom stereocenters. The molecule has 0 bridgehead atoms. The monoisotopic (exact) mass is 190 g/mol. The molecule has 0 spiro atoms. The number of hydrogen-bond donors (Lipinski definition) is 0. The number of hydrogen-bond acceptors (Lipinski definition) is 0. The molecule has 70 valence electrons. The maximum atomic E-state index is 2.26. The van der Waals surface area contributed by atoms with Gasteiger partial charge in [0.15, 0.2) is 0 Å². The van der Waals surface area contributed by atoms with E-state index in [-0.39, 0.29) is 0 Å². The van der Waals surface area contributed by atoms with Crippen LogP contribution < -0.4 is 5.19 Å². The third-order valence-corrected chi connectivity index (χ3v) is 3.48. The Labute approximate surface area is 84.2 Å². The molecular formula is C12H18Si. The normalized spacial score (nSPS) is 10.2. The van der Waals surface area contributed by atoms with Gasteiger partial charge in [0.1, 0.15) is 0 Å².